The van der Waals surface area contributed by atoms with E-state index >= 15 is 0 Å². The van der Waals surface area contributed by atoms with Crippen molar-refractivity contribution in [3.05, 3.63) is 0 Å². The second-order valence-corrected chi connectivity index (χ2v) is 4.60. The molecule has 0 amide bonds. The molecule has 0 bridgehead atoms. The summed E-state index contributed by atoms with van der Waals surface area (Å²) < 4.78 is 5.18. The maximum atomic E-state index is 5.18. The van der Waals surface area contributed by atoms with Crippen molar-refractivity contribution in [2.45, 2.75) is 26.7 Å². The van der Waals surface area contributed by atoms with Crippen LogP contribution in [0.5, 0.6) is 0 Å². The minimum absolute atomic E-state index is 0.765. The Morgan fingerprint density at radius 3 is 2.46 bits per heavy atom. The first-order valence-electron chi connectivity index (χ1n) is 5.43. The van der Waals surface area contributed by atoms with Crippen LogP contribution >= 0.6 is 0 Å². The van der Waals surface area contributed by atoms with Gasteiger partial charge in [0.05, 0.1) is 0 Å². The topological polar surface area (TPSA) is 21.3 Å². The molecule has 1 rings (SSSR count). The Morgan fingerprint density at radius 2 is 2.00 bits per heavy atom. The standard InChI is InChI=1S/C11H23NO/c1-9(2)6-12-7-10-4-5-11(10)8-13-3/h9-12H,4-8H2,1-3H3. The van der Waals surface area contributed by atoms with Crippen molar-refractivity contribution in [2.24, 2.45) is 17.8 Å². The zero-order chi connectivity index (χ0) is 9.68. The molecule has 1 N–H and O–H groups in total. The highest BCUT2D eigenvalue weighted by Gasteiger charge is 2.29. The predicted molar refractivity (Wildman–Crippen MR) is 55.8 cm³/mol. The molecule has 1 fully saturated rings. The van der Waals surface area contributed by atoms with Gasteiger partial charge >= 0.3 is 0 Å². The van der Waals surface area contributed by atoms with E-state index in [9.17, 15) is 0 Å². The second-order valence-electron chi connectivity index (χ2n) is 4.60. The zero-order valence-electron chi connectivity index (χ0n) is 9.18. The fourth-order valence-electron chi connectivity index (χ4n) is 1.90. The van der Waals surface area contributed by atoms with Crippen molar-refractivity contribution in [2.75, 3.05) is 26.8 Å². The molecule has 78 valence electrons. The molecular formula is C11H23NO. The summed E-state index contributed by atoms with van der Waals surface area (Å²) in [6.45, 7) is 7.79. The third kappa shape index (κ3) is 3.65. The molecule has 13 heavy (non-hydrogen) atoms. The summed E-state index contributed by atoms with van der Waals surface area (Å²) in [5.74, 6) is 2.46. The van der Waals surface area contributed by atoms with Crippen LogP contribution in [0.1, 0.15) is 26.7 Å². The molecule has 0 saturated heterocycles. The molecular weight excluding hydrogens is 162 g/mol. The van der Waals surface area contributed by atoms with Crippen LogP contribution in [0.15, 0.2) is 0 Å². The predicted octanol–water partition coefficient (Wildman–Crippen LogP) is 1.90. The lowest BCUT2D eigenvalue weighted by molar-refractivity contribution is 0.0594. The van der Waals surface area contributed by atoms with Gasteiger partial charge < -0.3 is 10.1 Å². The Morgan fingerprint density at radius 1 is 1.31 bits per heavy atom. The van der Waals surface area contributed by atoms with E-state index in [-0.39, 0.29) is 0 Å². The van der Waals surface area contributed by atoms with Gasteiger partial charge in [0.25, 0.3) is 0 Å². The van der Waals surface area contributed by atoms with Gasteiger partial charge in [-0.1, -0.05) is 13.8 Å². The van der Waals surface area contributed by atoms with Crippen molar-refractivity contribution in [1.29, 1.82) is 0 Å². The number of hydrogen-bond donors (Lipinski definition) is 1. The minimum atomic E-state index is 0.765. The summed E-state index contributed by atoms with van der Waals surface area (Å²) in [5.41, 5.74) is 0. The van der Waals surface area contributed by atoms with Crippen molar-refractivity contribution in [1.82, 2.24) is 5.32 Å². The molecule has 2 nitrogen and oxygen atoms in total. The van der Waals surface area contributed by atoms with Crippen LogP contribution in [0.2, 0.25) is 0 Å². The van der Waals surface area contributed by atoms with Crippen LogP contribution in [-0.4, -0.2) is 26.8 Å². The molecule has 0 radical (unpaired) electrons. The van der Waals surface area contributed by atoms with Crippen LogP contribution in [0, 0.1) is 17.8 Å². The average molecular weight is 185 g/mol. The zero-order valence-corrected chi connectivity index (χ0v) is 9.18. The van der Waals surface area contributed by atoms with E-state index in [4.69, 9.17) is 4.74 Å². The molecule has 0 aliphatic heterocycles. The van der Waals surface area contributed by atoms with Gasteiger partial charge in [0, 0.05) is 13.7 Å². The molecule has 1 saturated carbocycles. The molecule has 1 aliphatic carbocycles. The smallest absolute Gasteiger partial charge is 0.0493 e. The normalized spacial score (nSPS) is 27.7. The highest BCUT2D eigenvalue weighted by molar-refractivity contribution is 4.82. The molecule has 2 atom stereocenters. The average Bonchev–Trinajstić information content (AvgIpc) is 2.06. The monoisotopic (exact) mass is 185 g/mol. The third-order valence-electron chi connectivity index (χ3n) is 2.91. The number of nitrogens with one attached hydrogen (secondary N) is 1. The van der Waals surface area contributed by atoms with E-state index in [2.05, 4.69) is 19.2 Å². The Balaban J connectivity index is 2.02. The van der Waals surface area contributed by atoms with Crippen LogP contribution in [0.3, 0.4) is 0 Å². The van der Waals surface area contributed by atoms with Crippen LogP contribution in [-0.2, 0) is 4.74 Å². The first-order chi connectivity index (χ1) is 6.24. The first-order valence-corrected chi connectivity index (χ1v) is 5.43. The summed E-state index contributed by atoms with van der Waals surface area (Å²) in [7, 11) is 1.80. The summed E-state index contributed by atoms with van der Waals surface area (Å²) in [5, 5.41) is 3.52. The van der Waals surface area contributed by atoms with E-state index in [1.165, 1.54) is 19.4 Å². The van der Waals surface area contributed by atoms with E-state index in [0.717, 1.165) is 30.9 Å². The fraction of sp³-hybridized carbons (Fsp3) is 1.00. The van der Waals surface area contributed by atoms with Crippen molar-refractivity contribution < 1.29 is 4.74 Å². The number of ether oxygens (including phenoxy) is 1. The quantitative estimate of drug-likeness (QED) is 0.682. The molecule has 1 aliphatic rings. The lowest BCUT2D eigenvalue weighted by atomic mass is 9.74. The molecule has 0 aromatic rings. The largest absolute Gasteiger partial charge is 0.384 e. The molecule has 0 aromatic heterocycles. The van der Waals surface area contributed by atoms with E-state index in [1.807, 2.05) is 0 Å². The van der Waals surface area contributed by atoms with E-state index < -0.39 is 0 Å². The molecule has 2 unspecified atom stereocenters. The Labute approximate surface area is 82.0 Å². The fourth-order valence-corrected chi connectivity index (χ4v) is 1.90. The van der Waals surface area contributed by atoms with Crippen LogP contribution in [0.4, 0.5) is 0 Å². The SMILES string of the molecule is COCC1CCC1CNCC(C)C. The summed E-state index contributed by atoms with van der Waals surface area (Å²) in [4.78, 5) is 0. The van der Waals surface area contributed by atoms with Gasteiger partial charge in [-0.25, -0.2) is 0 Å². The number of methoxy groups -OCH3 is 1. The second kappa shape index (κ2) is 5.61. The lowest BCUT2D eigenvalue weighted by Gasteiger charge is -2.36. The molecule has 0 aromatic carbocycles. The van der Waals surface area contributed by atoms with Gasteiger partial charge in [0.1, 0.15) is 0 Å². The Hall–Kier alpha value is -0.0800. The number of hydrogen-bond acceptors (Lipinski definition) is 2. The van der Waals surface area contributed by atoms with Gasteiger partial charge in [0.2, 0.25) is 0 Å². The summed E-state index contributed by atoms with van der Waals surface area (Å²) in [6.07, 6.45) is 2.75. The van der Waals surface area contributed by atoms with Crippen molar-refractivity contribution in [3.63, 3.8) is 0 Å². The van der Waals surface area contributed by atoms with Crippen LogP contribution < -0.4 is 5.32 Å². The number of rotatable bonds is 6. The van der Waals surface area contributed by atoms with Gasteiger partial charge in [-0.15, -0.1) is 0 Å². The highest BCUT2D eigenvalue weighted by Crippen LogP contribution is 2.33. The van der Waals surface area contributed by atoms with Crippen molar-refractivity contribution >= 4 is 0 Å². The minimum Gasteiger partial charge on any atom is -0.384 e. The van der Waals surface area contributed by atoms with Crippen molar-refractivity contribution in [3.8, 4) is 0 Å². The first kappa shape index (κ1) is 11.0. The van der Waals surface area contributed by atoms with E-state index in [0.29, 0.717) is 0 Å². The molecule has 0 heterocycles. The molecule has 0 spiro atoms. The van der Waals surface area contributed by atoms with E-state index in [1.54, 1.807) is 7.11 Å². The maximum absolute atomic E-state index is 5.18. The summed E-state index contributed by atoms with van der Waals surface area (Å²) >= 11 is 0. The van der Waals surface area contributed by atoms with Gasteiger partial charge in [-0.05, 0) is 43.7 Å². The summed E-state index contributed by atoms with van der Waals surface area (Å²) in [6, 6.07) is 0. The molecule has 2 heteroatoms. The lowest BCUT2D eigenvalue weighted by Crippen LogP contribution is -2.38. The van der Waals surface area contributed by atoms with Gasteiger partial charge in [-0.3, -0.25) is 0 Å². The maximum Gasteiger partial charge on any atom is 0.0493 e. The Bertz CT molecular complexity index is 136. The van der Waals surface area contributed by atoms with Gasteiger partial charge in [0.15, 0.2) is 0 Å². The van der Waals surface area contributed by atoms with Crippen LogP contribution in [0.25, 0.3) is 0 Å². The van der Waals surface area contributed by atoms with Gasteiger partial charge in [-0.2, -0.15) is 0 Å². The highest BCUT2D eigenvalue weighted by atomic mass is 16.5. The third-order valence-corrected chi connectivity index (χ3v) is 2.91. The Kier molecular flexibility index (Phi) is 4.74.